The second kappa shape index (κ2) is 5.97. The standard InChI is InChI=1S/C14H19N5OS/c1-10-8-11(2)19(17-10)13-12(9-15-4-6-20-3)18-5-7-21-14(18)16-13/h5,7-8,15H,4,6,9H2,1-3H3. The maximum atomic E-state index is 5.07. The van der Waals surface area contributed by atoms with Crippen LogP contribution in [-0.2, 0) is 11.3 Å². The quantitative estimate of drug-likeness (QED) is 0.707. The van der Waals surface area contributed by atoms with Crippen molar-refractivity contribution >= 4 is 16.3 Å². The van der Waals surface area contributed by atoms with Crippen LogP contribution in [0.15, 0.2) is 17.6 Å². The van der Waals surface area contributed by atoms with Crippen molar-refractivity contribution in [1.29, 1.82) is 0 Å². The topological polar surface area (TPSA) is 56.4 Å². The number of methoxy groups -OCH3 is 1. The molecule has 112 valence electrons. The first-order valence-electron chi connectivity index (χ1n) is 6.88. The Kier molecular flexibility index (Phi) is 4.05. The third-order valence-corrected chi connectivity index (χ3v) is 4.08. The Morgan fingerprint density at radius 1 is 1.38 bits per heavy atom. The fraction of sp³-hybridized carbons (Fsp3) is 0.429. The number of imidazole rings is 1. The van der Waals surface area contributed by atoms with Gasteiger partial charge in [-0.05, 0) is 19.9 Å². The van der Waals surface area contributed by atoms with E-state index >= 15 is 0 Å². The van der Waals surface area contributed by atoms with E-state index in [1.54, 1.807) is 18.4 Å². The van der Waals surface area contributed by atoms with Crippen LogP contribution in [0.5, 0.6) is 0 Å². The molecule has 21 heavy (non-hydrogen) atoms. The molecule has 3 heterocycles. The highest BCUT2D eigenvalue weighted by atomic mass is 32.1. The van der Waals surface area contributed by atoms with Crippen molar-refractivity contribution in [3.8, 4) is 5.82 Å². The molecule has 0 aliphatic rings. The Labute approximate surface area is 127 Å². The molecule has 0 aliphatic heterocycles. The van der Waals surface area contributed by atoms with Crippen LogP contribution in [0.3, 0.4) is 0 Å². The zero-order chi connectivity index (χ0) is 14.8. The van der Waals surface area contributed by atoms with Crippen LogP contribution in [0, 0.1) is 13.8 Å². The average Bonchev–Trinajstić information content (AvgIpc) is 3.10. The van der Waals surface area contributed by atoms with E-state index in [1.165, 1.54) is 0 Å². The molecule has 7 heteroatoms. The number of aromatic nitrogens is 4. The Morgan fingerprint density at radius 3 is 2.95 bits per heavy atom. The maximum absolute atomic E-state index is 5.07. The smallest absolute Gasteiger partial charge is 0.196 e. The molecule has 0 saturated carbocycles. The molecular formula is C14H19N5OS. The minimum atomic E-state index is 0.695. The van der Waals surface area contributed by atoms with Gasteiger partial charge in [-0.25, -0.2) is 4.68 Å². The first-order valence-corrected chi connectivity index (χ1v) is 7.76. The lowest BCUT2D eigenvalue weighted by atomic mass is 10.3. The predicted octanol–water partition coefficient (Wildman–Crippen LogP) is 1.93. The van der Waals surface area contributed by atoms with Crippen molar-refractivity contribution in [3.63, 3.8) is 0 Å². The van der Waals surface area contributed by atoms with Crippen LogP contribution in [0.4, 0.5) is 0 Å². The summed E-state index contributed by atoms with van der Waals surface area (Å²) >= 11 is 1.63. The number of hydrogen-bond donors (Lipinski definition) is 1. The molecule has 0 atom stereocenters. The van der Waals surface area contributed by atoms with Gasteiger partial charge in [-0.3, -0.25) is 4.40 Å². The van der Waals surface area contributed by atoms with Gasteiger partial charge in [0, 0.05) is 37.5 Å². The van der Waals surface area contributed by atoms with E-state index in [0.29, 0.717) is 6.61 Å². The summed E-state index contributed by atoms with van der Waals surface area (Å²) in [6.07, 6.45) is 2.05. The highest BCUT2D eigenvalue weighted by Crippen LogP contribution is 2.21. The van der Waals surface area contributed by atoms with E-state index in [1.807, 2.05) is 17.0 Å². The normalized spacial score (nSPS) is 11.6. The van der Waals surface area contributed by atoms with E-state index in [9.17, 15) is 0 Å². The monoisotopic (exact) mass is 305 g/mol. The molecule has 0 radical (unpaired) electrons. The Hall–Kier alpha value is -1.70. The van der Waals surface area contributed by atoms with Gasteiger partial charge in [0.05, 0.1) is 18.0 Å². The molecule has 0 unspecified atom stereocenters. The summed E-state index contributed by atoms with van der Waals surface area (Å²) in [5.41, 5.74) is 3.21. The molecule has 0 aliphatic carbocycles. The van der Waals surface area contributed by atoms with Gasteiger partial charge in [-0.1, -0.05) is 0 Å². The molecule has 6 nitrogen and oxygen atoms in total. The highest BCUT2D eigenvalue weighted by molar-refractivity contribution is 7.15. The van der Waals surface area contributed by atoms with E-state index in [4.69, 9.17) is 9.72 Å². The Bertz CT molecular complexity index is 742. The summed E-state index contributed by atoms with van der Waals surface area (Å²) in [5.74, 6) is 0.900. The fourth-order valence-corrected chi connectivity index (χ4v) is 3.11. The van der Waals surface area contributed by atoms with Gasteiger partial charge in [-0.15, -0.1) is 11.3 Å². The van der Waals surface area contributed by atoms with Crippen LogP contribution in [-0.4, -0.2) is 39.4 Å². The van der Waals surface area contributed by atoms with Gasteiger partial charge in [0.2, 0.25) is 0 Å². The lowest BCUT2D eigenvalue weighted by molar-refractivity contribution is 0.199. The largest absolute Gasteiger partial charge is 0.383 e. The Morgan fingerprint density at radius 2 is 2.24 bits per heavy atom. The van der Waals surface area contributed by atoms with Crippen molar-refractivity contribution in [2.24, 2.45) is 0 Å². The number of rotatable bonds is 6. The number of nitrogens with one attached hydrogen (secondary N) is 1. The number of thiazole rings is 1. The number of nitrogens with zero attached hydrogens (tertiary/aromatic N) is 4. The average molecular weight is 305 g/mol. The molecule has 3 rings (SSSR count). The lowest BCUT2D eigenvalue weighted by Crippen LogP contribution is -2.20. The van der Waals surface area contributed by atoms with Gasteiger partial charge in [0.15, 0.2) is 10.8 Å². The summed E-state index contributed by atoms with van der Waals surface area (Å²) < 4.78 is 9.11. The number of fused-ring (bicyclic) bond motifs is 1. The summed E-state index contributed by atoms with van der Waals surface area (Å²) in [6, 6.07) is 2.07. The third kappa shape index (κ3) is 2.72. The van der Waals surface area contributed by atoms with Gasteiger partial charge >= 0.3 is 0 Å². The van der Waals surface area contributed by atoms with Gasteiger partial charge in [0.1, 0.15) is 0 Å². The zero-order valence-corrected chi connectivity index (χ0v) is 13.3. The van der Waals surface area contributed by atoms with Crippen LogP contribution < -0.4 is 5.32 Å². The lowest BCUT2D eigenvalue weighted by Gasteiger charge is -2.07. The number of ether oxygens (including phenoxy) is 1. The van der Waals surface area contributed by atoms with Crippen molar-refractivity contribution in [1.82, 2.24) is 24.5 Å². The van der Waals surface area contributed by atoms with E-state index in [0.717, 1.165) is 41.0 Å². The van der Waals surface area contributed by atoms with Crippen LogP contribution in [0.2, 0.25) is 0 Å². The summed E-state index contributed by atoms with van der Waals surface area (Å²) in [6.45, 7) is 6.29. The second-order valence-electron chi connectivity index (χ2n) is 4.95. The minimum absolute atomic E-state index is 0.695. The third-order valence-electron chi connectivity index (χ3n) is 3.33. The fourth-order valence-electron chi connectivity index (χ4n) is 2.38. The molecule has 0 fully saturated rings. The second-order valence-corrected chi connectivity index (χ2v) is 5.82. The highest BCUT2D eigenvalue weighted by Gasteiger charge is 2.16. The maximum Gasteiger partial charge on any atom is 0.196 e. The molecule has 0 spiro atoms. The Balaban J connectivity index is 1.97. The van der Waals surface area contributed by atoms with Crippen molar-refractivity contribution in [2.75, 3.05) is 20.3 Å². The summed E-state index contributed by atoms with van der Waals surface area (Å²) in [7, 11) is 1.71. The van der Waals surface area contributed by atoms with Crippen molar-refractivity contribution in [2.45, 2.75) is 20.4 Å². The van der Waals surface area contributed by atoms with Crippen molar-refractivity contribution in [3.05, 3.63) is 34.7 Å². The van der Waals surface area contributed by atoms with Crippen LogP contribution >= 0.6 is 11.3 Å². The molecule has 0 bridgehead atoms. The molecule has 0 amide bonds. The van der Waals surface area contributed by atoms with E-state index in [2.05, 4.69) is 34.0 Å². The van der Waals surface area contributed by atoms with E-state index in [-0.39, 0.29) is 0 Å². The van der Waals surface area contributed by atoms with Gasteiger partial charge < -0.3 is 10.1 Å². The summed E-state index contributed by atoms with van der Waals surface area (Å²) in [4.78, 5) is 5.71. The van der Waals surface area contributed by atoms with Crippen molar-refractivity contribution < 1.29 is 4.74 Å². The molecule has 3 aromatic heterocycles. The molecule has 0 aromatic carbocycles. The van der Waals surface area contributed by atoms with Crippen LogP contribution in [0.1, 0.15) is 17.1 Å². The number of hydrogen-bond acceptors (Lipinski definition) is 5. The molecule has 0 saturated heterocycles. The minimum Gasteiger partial charge on any atom is -0.383 e. The van der Waals surface area contributed by atoms with E-state index < -0.39 is 0 Å². The molecule has 1 N–H and O–H groups in total. The molecule has 3 aromatic rings. The zero-order valence-electron chi connectivity index (χ0n) is 12.5. The number of aryl methyl sites for hydroxylation is 2. The SMILES string of the molecule is COCCNCc1c(-n2nc(C)cc2C)nc2sccn12. The van der Waals surface area contributed by atoms with Crippen LogP contribution in [0.25, 0.3) is 10.8 Å². The molecular weight excluding hydrogens is 286 g/mol. The predicted molar refractivity (Wildman–Crippen MR) is 83.2 cm³/mol. The first kappa shape index (κ1) is 14.2. The first-order chi connectivity index (χ1) is 10.2. The summed E-state index contributed by atoms with van der Waals surface area (Å²) in [5, 5.41) is 9.99. The van der Waals surface area contributed by atoms with Gasteiger partial charge in [0.25, 0.3) is 0 Å². The van der Waals surface area contributed by atoms with Gasteiger partial charge in [-0.2, -0.15) is 10.1 Å².